The highest BCUT2D eigenvalue weighted by molar-refractivity contribution is 5.80. The van der Waals surface area contributed by atoms with Crippen LogP contribution in [0.15, 0.2) is 0 Å². The maximum absolute atomic E-state index is 11.8. The number of unbranched alkanes of at least 4 members (excludes halogenated alkanes) is 5. The number of carbonyl (C=O) groups excluding carboxylic acids is 2. The van der Waals surface area contributed by atoms with Crippen LogP contribution < -0.4 is 0 Å². The van der Waals surface area contributed by atoms with Crippen LogP contribution in [0.25, 0.3) is 0 Å². The summed E-state index contributed by atoms with van der Waals surface area (Å²) in [5.41, 5.74) is 0. The number of Topliss-reactive ketones (excluding diaryl/α,β-unsaturated/α-hetero) is 1. The molecule has 0 rings (SSSR count). The molecule has 0 N–H and O–H groups in total. The van der Waals surface area contributed by atoms with E-state index < -0.39 is 0 Å². The van der Waals surface area contributed by atoms with Gasteiger partial charge >= 0.3 is 0 Å². The van der Waals surface area contributed by atoms with E-state index in [1.807, 2.05) is 25.8 Å². The number of nitrogens with zero attached hydrogens (tertiary/aromatic N) is 1. The van der Waals surface area contributed by atoms with Crippen molar-refractivity contribution in [3.63, 3.8) is 0 Å². The molecule has 0 aromatic carbocycles. The minimum absolute atomic E-state index is 0.179. The number of ketones is 1. The summed E-state index contributed by atoms with van der Waals surface area (Å²) in [7, 11) is 1.90. The highest BCUT2D eigenvalue weighted by Crippen LogP contribution is 2.11. The SMILES string of the molecule is CC(C)CN(C)C(=O)CCCCCCCCC(=O)C(C)C. The molecule has 3 nitrogen and oxygen atoms in total. The lowest BCUT2D eigenvalue weighted by Gasteiger charge is -2.19. The number of carbonyl (C=O) groups is 2. The molecular weight excluding hydrogens is 262 g/mol. The summed E-state index contributed by atoms with van der Waals surface area (Å²) >= 11 is 0. The molecule has 0 aromatic rings. The molecule has 0 aromatic heterocycles. The number of hydrogen-bond acceptors (Lipinski definition) is 2. The van der Waals surface area contributed by atoms with Crippen molar-refractivity contribution in [2.45, 2.75) is 79.1 Å². The summed E-state index contributed by atoms with van der Waals surface area (Å²) in [5, 5.41) is 0. The first-order chi connectivity index (χ1) is 9.84. The van der Waals surface area contributed by atoms with Gasteiger partial charge in [0.15, 0.2) is 0 Å². The fourth-order valence-corrected chi connectivity index (χ4v) is 2.41. The molecule has 1 amide bonds. The molecule has 124 valence electrons. The zero-order valence-electron chi connectivity index (χ0n) is 14.8. The first-order valence-electron chi connectivity index (χ1n) is 8.61. The maximum Gasteiger partial charge on any atom is 0.222 e. The van der Waals surface area contributed by atoms with Crippen molar-refractivity contribution in [1.82, 2.24) is 4.90 Å². The predicted molar refractivity (Wildman–Crippen MR) is 89.3 cm³/mol. The summed E-state index contributed by atoms with van der Waals surface area (Å²) in [6.45, 7) is 9.05. The van der Waals surface area contributed by atoms with Crippen molar-refractivity contribution >= 4 is 11.7 Å². The predicted octanol–water partition coefficient (Wildman–Crippen LogP) is 4.45. The third-order valence-electron chi connectivity index (χ3n) is 3.77. The van der Waals surface area contributed by atoms with E-state index in [-0.39, 0.29) is 11.8 Å². The highest BCUT2D eigenvalue weighted by Gasteiger charge is 2.09. The summed E-state index contributed by atoms with van der Waals surface area (Å²) < 4.78 is 0. The Labute approximate surface area is 131 Å². The summed E-state index contributed by atoms with van der Waals surface area (Å²) in [6.07, 6.45) is 8.04. The monoisotopic (exact) mass is 297 g/mol. The highest BCUT2D eigenvalue weighted by atomic mass is 16.2. The first kappa shape index (κ1) is 20.1. The molecule has 0 spiro atoms. The van der Waals surface area contributed by atoms with Gasteiger partial charge in [0, 0.05) is 32.4 Å². The molecule has 21 heavy (non-hydrogen) atoms. The third kappa shape index (κ3) is 11.5. The Morgan fingerprint density at radius 3 is 1.76 bits per heavy atom. The normalized spacial score (nSPS) is 11.2. The standard InChI is InChI=1S/C18H35NO2/c1-15(2)14-19(5)18(21)13-11-9-7-6-8-10-12-17(20)16(3)4/h15-16H,6-14H2,1-5H3. The van der Waals surface area contributed by atoms with E-state index in [9.17, 15) is 9.59 Å². The van der Waals surface area contributed by atoms with E-state index in [1.54, 1.807) is 0 Å². The number of rotatable bonds is 12. The van der Waals surface area contributed by atoms with E-state index in [1.165, 1.54) is 12.8 Å². The average molecular weight is 297 g/mol. The molecule has 0 unspecified atom stereocenters. The second-order valence-electron chi connectivity index (χ2n) is 6.91. The van der Waals surface area contributed by atoms with Gasteiger partial charge in [-0.1, -0.05) is 53.4 Å². The van der Waals surface area contributed by atoms with Crippen LogP contribution in [-0.2, 0) is 9.59 Å². The Kier molecular flexibility index (Phi) is 11.3. The Hall–Kier alpha value is -0.860. The van der Waals surface area contributed by atoms with Crippen LogP contribution >= 0.6 is 0 Å². The summed E-state index contributed by atoms with van der Waals surface area (Å²) in [4.78, 5) is 25.1. The van der Waals surface area contributed by atoms with Gasteiger partial charge in [0.05, 0.1) is 0 Å². The van der Waals surface area contributed by atoms with Gasteiger partial charge in [0.2, 0.25) is 5.91 Å². The van der Waals surface area contributed by atoms with Crippen molar-refractivity contribution in [3.05, 3.63) is 0 Å². The lowest BCUT2D eigenvalue weighted by molar-refractivity contribution is -0.130. The van der Waals surface area contributed by atoms with Gasteiger partial charge in [-0.25, -0.2) is 0 Å². The van der Waals surface area contributed by atoms with Crippen LogP contribution in [-0.4, -0.2) is 30.2 Å². The maximum atomic E-state index is 11.8. The van der Waals surface area contributed by atoms with Gasteiger partial charge in [0.25, 0.3) is 0 Å². The van der Waals surface area contributed by atoms with Crippen molar-refractivity contribution in [2.24, 2.45) is 11.8 Å². The average Bonchev–Trinajstić information content (AvgIpc) is 2.40. The lowest BCUT2D eigenvalue weighted by atomic mass is 10.0. The molecular formula is C18H35NO2. The van der Waals surface area contributed by atoms with Crippen LogP contribution in [0.4, 0.5) is 0 Å². The van der Waals surface area contributed by atoms with Gasteiger partial charge in [-0.3, -0.25) is 9.59 Å². The molecule has 0 saturated carbocycles. The van der Waals surface area contributed by atoms with E-state index in [0.717, 1.165) is 38.6 Å². The molecule has 0 atom stereocenters. The van der Waals surface area contributed by atoms with Crippen molar-refractivity contribution in [3.8, 4) is 0 Å². The van der Waals surface area contributed by atoms with Gasteiger partial charge < -0.3 is 4.90 Å². The van der Waals surface area contributed by atoms with Gasteiger partial charge in [0.1, 0.15) is 5.78 Å². The van der Waals surface area contributed by atoms with Crippen LogP contribution in [0.2, 0.25) is 0 Å². The van der Waals surface area contributed by atoms with Crippen molar-refractivity contribution in [1.29, 1.82) is 0 Å². The summed E-state index contributed by atoms with van der Waals surface area (Å²) in [5.74, 6) is 1.37. The second-order valence-corrected chi connectivity index (χ2v) is 6.91. The molecule has 0 fully saturated rings. The molecule has 0 radical (unpaired) electrons. The molecule has 0 aliphatic rings. The molecule has 0 aliphatic carbocycles. The molecule has 0 heterocycles. The summed E-state index contributed by atoms with van der Waals surface area (Å²) in [6, 6.07) is 0. The van der Waals surface area contributed by atoms with E-state index in [2.05, 4.69) is 13.8 Å². The van der Waals surface area contributed by atoms with Crippen molar-refractivity contribution < 1.29 is 9.59 Å². The number of hydrogen-bond donors (Lipinski definition) is 0. The third-order valence-corrected chi connectivity index (χ3v) is 3.77. The van der Waals surface area contributed by atoms with Crippen LogP contribution in [0.1, 0.15) is 79.1 Å². The molecule has 0 saturated heterocycles. The Balaban J connectivity index is 3.44. The van der Waals surface area contributed by atoms with Crippen LogP contribution in [0, 0.1) is 11.8 Å². The van der Waals surface area contributed by atoms with Gasteiger partial charge in [-0.15, -0.1) is 0 Å². The smallest absolute Gasteiger partial charge is 0.222 e. The Morgan fingerprint density at radius 2 is 1.29 bits per heavy atom. The molecule has 0 bridgehead atoms. The van der Waals surface area contributed by atoms with E-state index in [4.69, 9.17) is 0 Å². The quantitative estimate of drug-likeness (QED) is 0.499. The fraction of sp³-hybridized carbons (Fsp3) is 0.889. The topological polar surface area (TPSA) is 37.4 Å². The largest absolute Gasteiger partial charge is 0.346 e. The van der Waals surface area contributed by atoms with E-state index >= 15 is 0 Å². The fourth-order valence-electron chi connectivity index (χ4n) is 2.41. The molecule has 3 heteroatoms. The van der Waals surface area contributed by atoms with Gasteiger partial charge in [-0.2, -0.15) is 0 Å². The van der Waals surface area contributed by atoms with Crippen molar-refractivity contribution in [2.75, 3.05) is 13.6 Å². The lowest BCUT2D eigenvalue weighted by Crippen LogP contribution is -2.29. The first-order valence-corrected chi connectivity index (χ1v) is 8.61. The van der Waals surface area contributed by atoms with Crippen LogP contribution in [0.3, 0.4) is 0 Å². The minimum Gasteiger partial charge on any atom is -0.346 e. The second kappa shape index (κ2) is 11.8. The zero-order valence-corrected chi connectivity index (χ0v) is 14.8. The minimum atomic E-state index is 0.179. The molecule has 0 aliphatic heterocycles. The number of amides is 1. The Bertz CT molecular complexity index is 298. The van der Waals surface area contributed by atoms with E-state index in [0.29, 0.717) is 18.1 Å². The van der Waals surface area contributed by atoms with Gasteiger partial charge in [-0.05, 0) is 18.8 Å². The Morgan fingerprint density at radius 1 is 0.810 bits per heavy atom. The zero-order chi connectivity index (χ0) is 16.3. The van der Waals surface area contributed by atoms with Crippen LogP contribution in [0.5, 0.6) is 0 Å².